The average molecular weight is 540 g/mol. The van der Waals surface area contributed by atoms with E-state index in [1.165, 1.54) is 4.90 Å². The SMILES string of the molecule is CC(C)(C)OC(=O)N1CCC[C@H]1C(=O)Nc1nccc(-c2ccccc2)n1.Nc1nccc(-c2ccccc2)n1. The lowest BCUT2D eigenvalue weighted by Crippen LogP contribution is -2.45. The van der Waals surface area contributed by atoms with Gasteiger partial charge in [0.25, 0.3) is 0 Å². The minimum absolute atomic E-state index is 0.220. The van der Waals surface area contributed by atoms with Gasteiger partial charge in [-0.3, -0.25) is 15.0 Å². The Kier molecular flexibility index (Phi) is 9.00. The normalized spacial score (nSPS) is 14.6. The maximum atomic E-state index is 12.7. The second kappa shape index (κ2) is 12.8. The molecule has 2 aromatic carbocycles. The molecule has 5 rings (SSSR count). The Morgan fingerprint density at radius 3 is 2.02 bits per heavy atom. The van der Waals surface area contributed by atoms with E-state index in [-0.39, 0.29) is 11.9 Å². The topological polar surface area (TPSA) is 136 Å². The van der Waals surface area contributed by atoms with Crippen molar-refractivity contribution in [1.29, 1.82) is 0 Å². The van der Waals surface area contributed by atoms with Gasteiger partial charge < -0.3 is 10.5 Å². The second-order valence-corrected chi connectivity index (χ2v) is 10.1. The highest BCUT2D eigenvalue weighted by molar-refractivity contribution is 5.95. The molecule has 0 aliphatic carbocycles. The highest BCUT2D eigenvalue weighted by Crippen LogP contribution is 2.23. The Labute approximate surface area is 233 Å². The van der Waals surface area contributed by atoms with Gasteiger partial charge in [0.1, 0.15) is 11.6 Å². The van der Waals surface area contributed by atoms with Crippen molar-refractivity contribution < 1.29 is 14.3 Å². The van der Waals surface area contributed by atoms with Crippen LogP contribution in [-0.2, 0) is 9.53 Å². The summed E-state index contributed by atoms with van der Waals surface area (Å²) < 4.78 is 5.40. The van der Waals surface area contributed by atoms with E-state index in [9.17, 15) is 9.59 Å². The van der Waals surface area contributed by atoms with Gasteiger partial charge in [-0.2, -0.15) is 0 Å². The van der Waals surface area contributed by atoms with E-state index in [0.29, 0.717) is 18.9 Å². The monoisotopic (exact) mass is 539 g/mol. The summed E-state index contributed by atoms with van der Waals surface area (Å²) in [6.07, 6.45) is 4.13. The summed E-state index contributed by atoms with van der Waals surface area (Å²) in [4.78, 5) is 43.0. The third kappa shape index (κ3) is 7.83. The molecule has 10 nitrogen and oxygen atoms in total. The van der Waals surface area contributed by atoms with Crippen molar-refractivity contribution in [1.82, 2.24) is 24.8 Å². The number of nitrogens with two attached hydrogens (primary N) is 1. The molecule has 1 atom stereocenters. The zero-order chi connectivity index (χ0) is 28.5. The number of nitrogens with one attached hydrogen (secondary N) is 1. The van der Waals surface area contributed by atoms with Crippen LogP contribution in [0.5, 0.6) is 0 Å². The van der Waals surface area contributed by atoms with Gasteiger partial charge in [-0.1, -0.05) is 60.7 Å². The quantitative estimate of drug-likeness (QED) is 0.361. The fourth-order valence-corrected chi connectivity index (χ4v) is 4.10. The summed E-state index contributed by atoms with van der Waals surface area (Å²) in [6, 6.07) is 22.6. The molecule has 0 radical (unpaired) electrons. The lowest BCUT2D eigenvalue weighted by molar-refractivity contribution is -0.120. The molecular formula is C30H33N7O3. The number of ether oxygens (including phenoxy) is 1. The van der Waals surface area contributed by atoms with Crippen LogP contribution >= 0.6 is 0 Å². The Bertz CT molecular complexity index is 1430. The van der Waals surface area contributed by atoms with Crippen LogP contribution in [0.2, 0.25) is 0 Å². The number of likely N-dealkylation sites (tertiary alicyclic amines) is 1. The van der Waals surface area contributed by atoms with Gasteiger partial charge in [0.2, 0.25) is 17.8 Å². The number of nitrogens with zero attached hydrogens (tertiary/aromatic N) is 5. The van der Waals surface area contributed by atoms with Gasteiger partial charge in [-0.25, -0.2) is 24.7 Å². The highest BCUT2D eigenvalue weighted by Gasteiger charge is 2.36. The summed E-state index contributed by atoms with van der Waals surface area (Å²) in [5.41, 5.74) is 8.43. The van der Waals surface area contributed by atoms with E-state index < -0.39 is 17.7 Å². The van der Waals surface area contributed by atoms with Gasteiger partial charge in [0.05, 0.1) is 11.4 Å². The zero-order valence-electron chi connectivity index (χ0n) is 22.8. The maximum absolute atomic E-state index is 12.7. The van der Waals surface area contributed by atoms with Crippen molar-refractivity contribution in [2.75, 3.05) is 17.6 Å². The number of carbonyl (C=O) groups is 2. The molecule has 0 spiro atoms. The van der Waals surface area contributed by atoms with Crippen molar-refractivity contribution in [2.45, 2.75) is 45.3 Å². The smallest absolute Gasteiger partial charge is 0.410 e. The van der Waals surface area contributed by atoms with Crippen molar-refractivity contribution >= 4 is 23.9 Å². The number of amides is 2. The van der Waals surface area contributed by atoms with E-state index in [1.807, 2.05) is 66.7 Å². The first-order chi connectivity index (χ1) is 19.2. The highest BCUT2D eigenvalue weighted by atomic mass is 16.6. The first-order valence-corrected chi connectivity index (χ1v) is 13.0. The lowest BCUT2D eigenvalue weighted by Gasteiger charge is -2.27. The summed E-state index contributed by atoms with van der Waals surface area (Å²) in [5, 5.41) is 2.73. The molecule has 1 aliphatic heterocycles. The zero-order valence-corrected chi connectivity index (χ0v) is 22.8. The van der Waals surface area contributed by atoms with Crippen molar-refractivity contribution in [2.24, 2.45) is 0 Å². The Morgan fingerprint density at radius 2 is 1.45 bits per heavy atom. The van der Waals surface area contributed by atoms with Crippen molar-refractivity contribution in [3.8, 4) is 22.5 Å². The van der Waals surface area contributed by atoms with Gasteiger partial charge in [0.15, 0.2) is 0 Å². The first-order valence-electron chi connectivity index (χ1n) is 13.0. The molecule has 10 heteroatoms. The van der Waals surface area contributed by atoms with Crippen LogP contribution in [0, 0.1) is 0 Å². The molecule has 0 bridgehead atoms. The molecule has 0 saturated carbocycles. The second-order valence-electron chi connectivity index (χ2n) is 10.1. The molecule has 1 saturated heterocycles. The molecule has 3 N–H and O–H groups in total. The van der Waals surface area contributed by atoms with Crippen LogP contribution in [-0.4, -0.2) is 55.0 Å². The van der Waals surface area contributed by atoms with Gasteiger partial charge >= 0.3 is 6.09 Å². The van der Waals surface area contributed by atoms with Crippen LogP contribution in [0.4, 0.5) is 16.7 Å². The lowest BCUT2D eigenvalue weighted by atomic mass is 10.1. The first kappa shape index (κ1) is 28.2. The van der Waals surface area contributed by atoms with E-state index in [2.05, 4.69) is 25.3 Å². The number of aromatic nitrogens is 4. The minimum Gasteiger partial charge on any atom is -0.444 e. The molecule has 2 aromatic heterocycles. The molecule has 4 aromatic rings. The molecule has 1 fully saturated rings. The number of benzene rings is 2. The standard InChI is InChI=1S/C20H24N4O3.C10H9N3/c1-20(2,3)27-19(26)24-13-7-10-16(24)17(25)23-18-21-12-11-15(22-18)14-8-5-4-6-9-14;11-10-12-7-6-9(13-10)8-4-2-1-3-5-8/h4-6,8-9,11-12,16H,7,10,13H2,1-3H3,(H,21,22,23,25);1-7H,(H2,11,12,13)/t16-;/m0./s1. The third-order valence-electron chi connectivity index (χ3n) is 5.89. The predicted octanol–water partition coefficient (Wildman–Crippen LogP) is 5.21. The fraction of sp³-hybridized carbons (Fsp3) is 0.267. The average Bonchev–Trinajstić information content (AvgIpc) is 3.45. The fourth-order valence-electron chi connectivity index (χ4n) is 4.10. The Morgan fingerprint density at radius 1 is 0.875 bits per heavy atom. The molecule has 3 heterocycles. The number of hydrogen-bond donors (Lipinski definition) is 2. The molecule has 40 heavy (non-hydrogen) atoms. The number of nitrogen functional groups attached to an aromatic ring is 1. The number of anilines is 2. The summed E-state index contributed by atoms with van der Waals surface area (Å²) >= 11 is 0. The molecule has 0 unspecified atom stereocenters. The molecule has 1 aliphatic rings. The summed E-state index contributed by atoms with van der Waals surface area (Å²) in [6.45, 7) is 5.91. The Balaban J connectivity index is 0.000000236. The van der Waals surface area contributed by atoms with Crippen LogP contribution in [0.1, 0.15) is 33.6 Å². The van der Waals surface area contributed by atoms with Gasteiger partial charge in [-0.05, 0) is 45.7 Å². The van der Waals surface area contributed by atoms with Crippen LogP contribution in [0.15, 0.2) is 85.2 Å². The van der Waals surface area contributed by atoms with Crippen LogP contribution in [0.3, 0.4) is 0 Å². The van der Waals surface area contributed by atoms with Crippen molar-refractivity contribution in [3.63, 3.8) is 0 Å². The summed E-state index contributed by atoms with van der Waals surface area (Å²) in [7, 11) is 0. The maximum Gasteiger partial charge on any atom is 0.410 e. The van der Waals surface area contributed by atoms with E-state index in [1.54, 1.807) is 39.2 Å². The number of rotatable bonds is 4. The number of hydrogen-bond acceptors (Lipinski definition) is 8. The van der Waals surface area contributed by atoms with E-state index in [4.69, 9.17) is 10.5 Å². The van der Waals surface area contributed by atoms with E-state index >= 15 is 0 Å². The minimum atomic E-state index is -0.603. The molecule has 206 valence electrons. The molecule has 2 amide bonds. The van der Waals surface area contributed by atoms with Gasteiger partial charge in [-0.15, -0.1) is 0 Å². The van der Waals surface area contributed by atoms with Crippen molar-refractivity contribution in [3.05, 3.63) is 85.2 Å². The largest absolute Gasteiger partial charge is 0.444 e. The van der Waals surface area contributed by atoms with Crippen LogP contribution < -0.4 is 11.1 Å². The summed E-state index contributed by atoms with van der Waals surface area (Å²) in [5.74, 6) is 0.224. The number of carbonyl (C=O) groups excluding carboxylic acids is 2. The Hall–Kier alpha value is -4.86. The van der Waals surface area contributed by atoms with Gasteiger partial charge in [0, 0.05) is 30.1 Å². The molecular weight excluding hydrogens is 506 g/mol. The van der Waals surface area contributed by atoms with E-state index in [0.717, 1.165) is 28.9 Å². The third-order valence-corrected chi connectivity index (χ3v) is 5.89. The predicted molar refractivity (Wildman–Crippen MR) is 154 cm³/mol. The van der Waals surface area contributed by atoms with Crippen LogP contribution in [0.25, 0.3) is 22.5 Å².